The first-order valence-corrected chi connectivity index (χ1v) is 12.1. The molecule has 1 aromatic carbocycles. The first-order valence-electron chi connectivity index (χ1n) is 12.1. The van der Waals surface area contributed by atoms with Gasteiger partial charge in [-0.15, -0.1) is 0 Å². The second kappa shape index (κ2) is 12.1. The van der Waals surface area contributed by atoms with Gasteiger partial charge in [0.05, 0.1) is 0 Å². The Kier molecular flexibility index (Phi) is 9.19. The van der Waals surface area contributed by atoms with Crippen molar-refractivity contribution in [3.05, 3.63) is 35.9 Å². The van der Waals surface area contributed by atoms with Gasteiger partial charge in [-0.05, 0) is 37.2 Å². The molecular formula is C25H41N5O. The van der Waals surface area contributed by atoms with Crippen molar-refractivity contribution >= 4 is 11.9 Å². The third-order valence-corrected chi connectivity index (χ3v) is 6.32. The largest absolute Gasteiger partial charge is 0.357 e. The van der Waals surface area contributed by atoms with Gasteiger partial charge in [-0.25, -0.2) is 0 Å². The number of aliphatic imine (C=N–C) groups is 1. The number of nitrogens with one attached hydrogen (secondary N) is 2. The lowest BCUT2D eigenvalue weighted by atomic mass is 9.92. The Bertz CT molecular complexity index is 697. The van der Waals surface area contributed by atoms with Gasteiger partial charge in [-0.1, -0.05) is 44.2 Å². The molecular weight excluding hydrogens is 386 g/mol. The Balaban J connectivity index is 1.41. The minimum atomic E-state index is 0.266. The molecule has 0 aliphatic carbocycles. The van der Waals surface area contributed by atoms with Crippen LogP contribution in [0.3, 0.4) is 0 Å². The number of nitrogens with zero attached hydrogens (tertiary/aromatic N) is 3. The van der Waals surface area contributed by atoms with E-state index in [1.165, 1.54) is 25.1 Å². The lowest BCUT2D eigenvalue weighted by Gasteiger charge is -2.35. The Labute approximate surface area is 188 Å². The molecule has 3 unspecified atom stereocenters. The smallest absolute Gasteiger partial charge is 0.223 e. The Morgan fingerprint density at radius 1 is 1.06 bits per heavy atom. The summed E-state index contributed by atoms with van der Waals surface area (Å²) >= 11 is 0. The van der Waals surface area contributed by atoms with Gasteiger partial charge in [0.15, 0.2) is 5.96 Å². The van der Waals surface area contributed by atoms with Crippen molar-refractivity contribution < 1.29 is 4.79 Å². The number of amides is 1. The standard InChI is InChI=1S/C25H41N5O/c1-4-26-25(27-11-13-29-17-20(2)14-21(3)18-29)28-16-23-15-24(31)30(19-23)12-10-22-8-6-5-7-9-22/h5-9,20-21,23H,4,10-19H2,1-3H3,(H2,26,27,28). The zero-order valence-electron chi connectivity index (χ0n) is 19.6. The summed E-state index contributed by atoms with van der Waals surface area (Å²) in [5.74, 6) is 3.02. The van der Waals surface area contributed by atoms with E-state index in [0.29, 0.717) is 18.9 Å². The number of likely N-dealkylation sites (tertiary alicyclic amines) is 2. The first kappa shape index (κ1) is 23.6. The molecule has 172 valence electrons. The van der Waals surface area contributed by atoms with Crippen LogP contribution in [0.25, 0.3) is 0 Å². The molecule has 2 heterocycles. The molecule has 0 bridgehead atoms. The van der Waals surface area contributed by atoms with Gasteiger partial charge in [-0.3, -0.25) is 9.79 Å². The third kappa shape index (κ3) is 7.84. The summed E-state index contributed by atoms with van der Waals surface area (Å²) in [6.07, 6.45) is 2.87. The van der Waals surface area contributed by atoms with Crippen LogP contribution in [0.5, 0.6) is 0 Å². The van der Waals surface area contributed by atoms with E-state index in [-0.39, 0.29) is 5.91 Å². The molecule has 3 rings (SSSR count). The van der Waals surface area contributed by atoms with Crippen molar-refractivity contribution in [3.8, 4) is 0 Å². The minimum Gasteiger partial charge on any atom is -0.357 e. The van der Waals surface area contributed by atoms with Crippen molar-refractivity contribution in [3.63, 3.8) is 0 Å². The summed E-state index contributed by atoms with van der Waals surface area (Å²) in [5.41, 5.74) is 1.29. The summed E-state index contributed by atoms with van der Waals surface area (Å²) in [4.78, 5) is 21.8. The highest BCUT2D eigenvalue weighted by molar-refractivity contribution is 5.80. The van der Waals surface area contributed by atoms with Crippen LogP contribution >= 0.6 is 0 Å². The number of hydrogen-bond donors (Lipinski definition) is 2. The summed E-state index contributed by atoms with van der Waals surface area (Å²) < 4.78 is 0. The maximum Gasteiger partial charge on any atom is 0.223 e. The first-order chi connectivity index (χ1) is 15.0. The molecule has 2 saturated heterocycles. The molecule has 3 atom stereocenters. The number of piperidine rings is 1. The fourth-order valence-electron chi connectivity index (χ4n) is 4.97. The molecule has 31 heavy (non-hydrogen) atoms. The van der Waals surface area contributed by atoms with E-state index in [2.05, 4.69) is 60.6 Å². The van der Waals surface area contributed by atoms with Crippen molar-refractivity contribution in [2.45, 2.75) is 40.0 Å². The van der Waals surface area contributed by atoms with Crippen LogP contribution in [0.4, 0.5) is 0 Å². The van der Waals surface area contributed by atoms with Crippen LogP contribution in [0.15, 0.2) is 35.3 Å². The molecule has 2 fully saturated rings. The minimum absolute atomic E-state index is 0.266. The molecule has 1 amide bonds. The number of benzene rings is 1. The molecule has 2 aliphatic rings. The lowest BCUT2D eigenvalue weighted by Crippen LogP contribution is -2.45. The van der Waals surface area contributed by atoms with Gasteiger partial charge in [0, 0.05) is 64.7 Å². The second-order valence-electron chi connectivity index (χ2n) is 9.50. The molecule has 0 saturated carbocycles. The average Bonchev–Trinajstić information content (AvgIpc) is 3.10. The van der Waals surface area contributed by atoms with E-state index in [1.807, 2.05) is 11.0 Å². The maximum atomic E-state index is 12.4. The van der Waals surface area contributed by atoms with Crippen molar-refractivity contribution in [1.82, 2.24) is 20.4 Å². The Hall–Kier alpha value is -2.08. The van der Waals surface area contributed by atoms with E-state index in [9.17, 15) is 4.79 Å². The Morgan fingerprint density at radius 2 is 1.81 bits per heavy atom. The van der Waals surface area contributed by atoms with Crippen LogP contribution in [0, 0.1) is 17.8 Å². The highest BCUT2D eigenvalue weighted by atomic mass is 16.2. The zero-order valence-corrected chi connectivity index (χ0v) is 19.6. The Morgan fingerprint density at radius 3 is 2.52 bits per heavy atom. The monoisotopic (exact) mass is 427 g/mol. The second-order valence-corrected chi connectivity index (χ2v) is 9.50. The van der Waals surface area contributed by atoms with Gasteiger partial charge in [0.25, 0.3) is 0 Å². The molecule has 1 aromatic rings. The number of hydrogen-bond acceptors (Lipinski definition) is 3. The summed E-state index contributed by atoms with van der Waals surface area (Å²) in [6.45, 7) is 14.3. The molecule has 6 heteroatoms. The van der Waals surface area contributed by atoms with Gasteiger partial charge < -0.3 is 20.4 Å². The quantitative estimate of drug-likeness (QED) is 0.470. The van der Waals surface area contributed by atoms with Crippen LogP contribution in [-0.4, -0.2) is 74.0 Å². The van der Waals surface area contributed by atoms with Crippen LogP contribution in [0.1, 0.15) is 39.2 Å². The topological polar surface area (TPSA) is 60.0 Å². The van der Waals surface area contributed by atoms with Gasteiger partial charge in [-0.2, -0.15) is 0 Å². The van der Waals surface area contributed by atoms with Gasteiger partial charge in [0.1, 0.15) is 0 Å². The molecule has 0 radical (unpaired) electrons. The fraction of sp³-hybridized carbons (Fsp3) is 0.680. The highest BCUT2D eigenvalue weighted by Crippen LogP contribution is 2.20. The van der Waals surface area contributed by atoms with Crippen LogP contribution in [-0.2, 0) is 11.2 Å². The summed E-state index contributed by atoms with van der Waals surface area (Å²) in [7, 11) is 0. The van der Waals surface area contributed by atoms with E-state index >= 15 is 0 Å². The molecule has 6 nitrogen and oxygen atoms in total. The number of guanidine groups is 1. The highest BCUT2D eigenvalue weighted by Gasteiger charge is 2.29. The van der Waals surface area contributed by atoms with E-state index < -0.39 is 0 Å². The van der Waals surface area contributed by atoms with E-state index in [1.54, 1.807) is 0 Å². The molecule has 0 aromatic heterocycles. The van der Waals surface area contributed by atoms with Gasteiger partial charge in [0.2, 0.25) is 5.91 Å². The lowest BCUT2D eigenvalue weighted by molar-refractivity contribution is -0.127. The van der Waals surface area contributed by atoms with E-state index in [0.717, 1.165) is 56.9 Å². The van der Waals surface area contributed by atoms with Crippen LogP contribution < -0.4 is 10.6 Å². The molecule has 2 N–H and O–H groups in total. The number of carbonyl (C=O) groups is 1. The normalized spacial score (nSPS) is 25.1. The third-order valence-electron chi connectivity index (χ3n) is 6.32. The molecule has 2 aliphatic heterocycles. The van der Waals surface area contributed by atoms with Crippen molar-refractivity contribution in [1.29, 1.82) is 0 Å². The fourth-order valence-corrected chi connectivity index (χ4v) is 4.97. The number of rotatable bonds is 9. The SMILES string of the molecule is CCNC(=NCC1CC(=O)N(CCc2ccccc2)C1)NCCN1CC(C)CC(C)C1. The maximum absolute atomic E-state index is 12.4. The summed E-state index contributed by atoms with van der Waals surface area (Å²) in [6, 6.07) is 10.4. The predicted molar refractivity (Wildman–Crippen MR) is 128 cm³/mol. The van der Waals surface area contributed by atoms with Crippen molar-refractivity contribution in [2.75, 3.05) is 52.4 Å². The molecule has 0 spiro atoms. The average molecular weight is 428 g/mol. The van der Waals surface area contributed by atoms with Crippen LogP contribution in [0.2, 0.25) is 0 Å². The zero-order chi connectivity index (χ0) is 22.1. The van der Waals surface area contributed by atoms with E-state index in [4.69, 9.17) is 4.99 Å². The summed E-state index contributed by atoms with van der Waals surface area (Å²) in [5, 5.41) is 6.84. The van der Waals surface area contributed by atoms with Gasteiger partial charge >= 0.3 is 0 Å². The predicted octanol–water partition coefficient (Wildman–Crippen LogP) is 2.61. The van der Waals surface area contributed by atoms with Crippen molar-refractivity contribution in [2.24, 2.45) is 22.7 Å². The number of carbonyl (C=O) groups excluding carboxylic acids is 1.